The zero-order chi connectivity index (χ0) is 16.2. The van der Waals surface area contributed by atoms with Gasteiger partial charge in [-0.15, -0.1) is 0 Å². The number of nitrogens with zero attached hydrogens (tertiary/aromatic N) is 3. The summed E-state index contributed by atoms with van der Waals surface area (Å²) in [6.45, 7) is 1.80. The van der Waals surface area contributed by atoms with Crippen molar-refractivity contribution in [3.05, 3.63) is 47.8 Å². The lowest BCUT2D eigenvalue weighted by molar-refractivity contribution is -0.135. The molecule has 0 bridgehead atoms. The van der Waals surface area contributed by atoms with Gasteiger partial charge < -0.3 is 14.4 Å². The number of amides is 1. The molecule has 3 rings (SSSR count). The Bertz CT molecular complexity index is 669. The Morgan fingerprint density at radius 3 is 2.87 bits per heavy atom. The minimum absolute atomic E-state index is 0.0261. The summed E-state index contributed by atoms with van der Waals surface area (Å²) >= 11 is 0. The third kappa shape index (κ3) is 3.37. The van der Waals surface area contributed by atoms with Gasteiger partial charge in [-0.3, -0.25) is 9.48 Å². The lowest BCUT2D eigenvalue weighted by atomic mass is 9.95. The maximum absolute atomic E-state index is 12.5. The van der Waals surface area contributed by atoms with Crippen LogP contribution in [0.5, 0.6) is 5.75 Å². The van der Waals surface area contributed by atoms with E-state index in [1.165, 1.54) is 5.56 Å². The summed E-state index contributed by atoms with van der Waals surface area (Å²) in [5.41, 5.74) is 2.23. The number of fused-ring (bicyclic) bond motifs is 1. The van der Waals surface area contributed by atoms with Crippen molar-refractivity contribution >= 4 is 5.91 Å². The first-order valence-electron chi connectivity index (χ1n) is 7.64. The van der Waals surface area contributed by atoms with Gasteiger partial charge in [0.15, 0.2) is 6.61 Å². The van der Waals surface area contributed by atoms with Gasteiger partial charge >= 0.3 is 0 Å². The van der Waals surface area contributed by atoms with Crippen molar-refractivity contribution in [2.75, 3.05) is 26.9 Å². The molecule has 122 valence electrons. The fourth-order valence-electron chi connectivity index (χ4n) is 2.91. The molecule has 1 aromatic carbocycles. The summed E-state index contributed by atoms with van der Waals surface area (Å²) in [6.07, 6.45) is 1.88. The Balaban J connectivity index is 1.68. The number of aryl methyl sites for hydroxylation is 1. The number of para-hydroxylation sites is 1. The maximum atomic E-state index is 12.5. The lowest BCUT2D eigenvalue weighted by Crippen LogP contribution is -2.42. The Morgan fingerprint density at radius 2 is 2.13 bits per heavy atom. The number of carbonyl (C=O) groups is 1. The van der Waals surface area contributed by atoms with Crippen molar-refractivity contribution in [1.29, 1.82) is 0 Å². The molecule has 0 saturated heterocycles. The van der Waals surface area contributed by atoms with Gasteiger partial charge in [0, 0.05) is 32.2 Å². The van der Waals surface area contributed by atoms with Crippen LogP contribution < -0.4 is 4.74 Å². The highest BCUT2D eigenvalue weighted by atomic mass is 16.5. The van der Waals surface area contributed by atoms with Gasteiger partial charge in [-0.1, -0.05) is 18.2 Å². The summed E-state index contributed by atoms with van der Waals surface area (Å²) in [4.78, 5) is 14.3. The highest BCUT2D eigenvalue weighted by molar-refractivity contribution is 5.78. The largest absolute Gasteiger partial charge is 0.484 e. The molecule has 0 aliphatic carbocycles. The second kappa shape index (κ2) is 6.83. The van der Waals surface area contributed by atoms with Gasteiger partial charge in [-0.25, -0.2) is 0 Å². The number of benzene rings is 1. The van der Waals surface area contributed by atoms with Crippen molar-refractivity contribution < 1.29 is 14.3 Å². The molecule has 1 aromatic heterocycles. The Kier molecular flexibility index (Phi) is 4.62. The zero-order valence-corrected chi connectivity index (χ0v) is 13.4. The van der Waals surface area contributed by atoms with Gasteiger partial charge in [0.2, 0.25) is 0 Å². The van der Waals surface area contributed by atoms with Crippen LogP contribution >= 0.6 is 0 Å². The van der Waals surface area contributed by atoms with Crippen LogP contribution in [0.2, 0.25) is 0 Å². The van der Waals surface area contributed by atoms with Gasteiger partial charge in [-0.2, -0.15) is 5.10 Å². The summed E-state index contributed by atoms with van der Waals surface area (Å²) in [5, 5.41) is 4.31. The van der Waals surface area contributed by atoms with Crippen LogP contribution in [0.15, 0.2) is 36.5 Å². The first-order valence-corrected chi connectivity index (χ1v) is 7.64. The molecule has 6 heteroatoms. The third-order valence-electron chi connectivity index (χ3n) is 4.14. The van der Waals surface area contributed by atoms with E-state index in [4.69, 9.17) is 9.47 Å². The van der Waals surface area contributed by atoms with E-state index in [9.17, 15) is 4.79 Å². The number of rotatable bonds is 5. The van der Waals surface area contributed by atoms with Crippen LogP contribution in [0, 0.1) is 0 Å². The molecule has 0 saturated carbocycles. The van der Waals surface area contributed by atoms with E-state index in [1.54, 1.807) is 7.11 Å². The summed E-state index contributed by atoms with van der Waals surface area (Å²) in [7, 11) is 3.58. The summed E-state index contributed by atoms with van der Waals surface area (Å²) in [6, 6.07) is 9.37. The fraction of sp³-hybridized carbons (Fsp3) is 0.412. The minimum atomic E-state index is -0.0261. The van der Waals surface area contributed by atoms with Crippen LogP contribution in [0.4, 0.5) is 0 Å². The molecular formula is C17H21N3O3. The number of aromatic nitrogens is 2. The molecule has 1 amide bonds. The van der Waals surface area contributed by atoms with E-state index < -0.39 is 0 Å². The second-order valence-electron chi connectivity index (χ2n) is 5.70. The van der Waals surface area contributed by atoms with E-state index in [1.807, 2.05) is 53.2 Å². The van der Waals surface area contributed by atoms with Crippen LogP contribution in [-0.4, -0.2) is 47.5 Å². The first-order chi connectivity index (χ1) is 11.2. The van der Waals surface area contributed by atoms with Crippen molar-refractivity contribution in [2.45, 2.75) is 12.5 Å². The molecule has 0 radical (unpaired) electrons. The van der Waals surface area contributed by atoms with Crippen LogP contribution in [0.25, 0.3) is 0 Å². The topological polar surface area (TPSA) is 56.6 Å². The van der Waals surface area contributed by atoms with Gasteiger partial charge in [0.05, 0.1) is 25.0 Å². The van der Waals surface area contributed by atoms with Gasteiger partial charge in [0.1, 0.15) is 5.75 Å². The predicted octanol–water partition coefficient (Wildman–Crippen LogP) is 1.57. The van der Waals surface area contributed by atoms with E-state index in [0.717, 1.165) is 5.69 Å². The number of ether oxygens (including phenoxy) is 2. The molecule has 1 atom stereocenters. The highest BCUT2D eigenvalue weighted by Gasteiger charge is 2.30. The zero-order valence-electron chi connectivity index (χ0n) is 13.4. The molecule has 23 heavy (non-hydrogen) atoms. The number of methoxy groups -OCH3 is 1. The van der Waals surface area contributed by atoms with E-state index in [-0.39, 0.29) is 18.4 Å². The smallest absolute Gasteiger partial charge is 0.260 e. The fourth-order valence-corrected chi connectivity index (χ4v) is 2.91. The maximum Gasteiger partial charge on any atom is 0.260 e. The molecule has 1 aliphatic rings. The molecular weight excluding hydrogens is 294 g/mol. The second-order valence-corrected chi connectivity index (χ2v) is 5.70. The van der Waals surface area contributed by atoms with Crippen molar-refractivity contribution in [3.8, 4) is 5.75 Å². The average molecular weight is 315 g/mol. The molecule has 6 nitrogen and oxygen atoms in total. The van der Waals surface area contributed by atoms with Crippen molar-refractivity contribution in [3.63, 3.8) is 0 Å². The van der Waals surface area contributed by atoms with Crippen molar-refractivity contribution in [1.82, 2.24) is 14.7 Å². The van der Waals surface area contributed by atoms with Crippen LogP contribution in [0.1, 0.15) is 17.2 Å². The Hall–Kier alpha value is -2.34. The molecule has 2 heterocycles. The number of carbonyl (C=O) groups excluding carboxylic acids is 1. The third-order valence-corrected chi connectivity index (χ3v) is 4.14. The van der Waals surface area contributed by atoms with E-state index in [0.29, 0.717) is 25.4 Å². The van der Waals surface area contributed by atoms with Gasteiger partial charge in [-0.05, 0) is 12.1 Å². The quantitative estimate of drug-likeness (QED) is 0.840. The SMILES string of the molecule is COC[C@H]1CN(C(=O)COc2ccccc2)Cc2c1cnn2C. The number of hydrogen-bond donors (Lipinski definition) is 0. The summed E-state index contributed by atoms with van der Waals surface area (Å²) in [5.74, 6) is 0.826. The molecule has 0 N–H and O–H groups in total. The predicted molar refractivity (Wildman–Crippen MR) is 85.2 cm³/mol. The normalized spacial score (nSPS) is 17.0. The Labute approximate surface area is 135 Å². The van der Waals surface area contributed by atoms with E-state index in [2.05, 4.69) is 5.10 Å². The highest BCUT2D eigenvalue weighted by Crippen LogP contribution is 2.28. The minimum Gasteiger partial charge on any atom is -0.484 e. The molecule has 1 aliphatic heterocycles. The lowest BCUT2D eigenvalue weighted by Gasteiger charge is -2.32. The van der Waals surface area contributed by atoms with Crippen LogP contribution in [0.3, 0.4) is 0 Å². The molecule has 0 spiro atoms. The standard InChI is InChI=1S/C17H21N3O3/c1-19-16-10-20(9-13(11-22-2)15(16)8-18-19)17(21)12-23-14-6-4-3-5-7-14/h3-8,13H,9-12H2,1-2H3/t13-/m1/s1. The number of hydrogen-bond acceptors (Lipinski definition) is 4. The first kappa shape index (κ1) is 15.6. The van der Waals surface area contributed by atoms with Gasteiger partial charge in [0.25, 0.3) is 5.91 Å². The van der Waals surface area contributed by atoms with Crippen molar-refractivity contribution in [2.24, 2.45) is 7.05 Å². The van der Waals surface area contributed by atoms with E-state index >= 15 is 0 Å². The molecule has 0 unspecified atom stereocenters. The monoisotopic (exact) mass is 315 g/mol. The Morgan fingerprint density at radius 1 is 1.35 bits per heavy atom. The molecule has 2 aromatic rings. The molecule has 0 fully saturated rings. The van der Waals surface area contributed by atoms with Crippen LogP contribution in [-0.2, 0) is 23.1 Å². The average Bonchev–Trinajstić information content (AvgIpc) is 2.95. The summed E-state index contributed by atoms with van der Waals surface area (Å²) < 4.78 is 12.7.